The highest BCUT2D eigenvalue weighted by Gasteiger charge is 2.32. The number of amides is 1. The fourth-order valence-electron chi connectivity index (χ4n) is 2.28. The van der Waals surface area contributed by atoms with E-state index in [9.17, 15) is 10.0 Å². The van der Waals surface area contributed by atoms with Crippen LogP contribution in [0.25, 0.3) is 0 Å². The predicted octanol–water partition coefficient (Wildman–Crippen LogP) is 2.65. The number of para-hydroxylation sites is 1. The summed E-state index contributed by atoms with van der Waals surface area (Å²) < 4.78 is 5.16. The Labute approximate surface area is 116 Å². The molecule has 5 nitrogen and oxygen atoms in total. The quantitative estimate of drug-likeness (QED) is 0.824. The summed E-state index contributed by atoms with van der Waals surface area (Å²) in [6, 6.07) is 14.3. The number of ether oxygens (including phenoxy) is 1. The molecule has 1 atom stereocenters. The van der Waals surface area contributed by atoms with Crippen LogP contribution in [0.2, 0.25) is 0 Å². The summed E-state index contributed by atoms with van der Waals surface area (Å²) in [4.78, 5) is 12.2. The molecule has 0 saturated heterocycles. The zero-order valence-electron chi connectivity index (χ0n) is 10.9. The number of methoxy groups -OCH3 is 1. The van der Waals surface area contributed by atoms with Crippen molar-refractivity contribution in [1.29, 1.82) is 0 Å². The molecule has 2 aromatic rings. The molecule has 0 aliphatic carbocycles. The SMILES string of the molecule is COc1cccc([C@@H]2Nc3ccccc3C(=O)N2O)c1. The van der Waals surface area contributed by atoms with E-state index in [1.807, 2.05) is 30.3 Å². The molecule has 3 rings (SSSR count). The average molecular weight is 270 g/mol. The van der Waals surface area contributed by atoms with Gasteiger partial charge in [-0.25, -0.2) is 0 Å². The highest BCUT2D eigenvalue weighted by Crippen LogP contribution is 2.32. The maximum Gasteiger partial charge on any atom is 0.281 e. The highest BCUT2D eigenvalue weighted by molar-refractivity contribution is 6.00. The number of nitrogens with one attached hydrogen (secondary N) is 1. The van der Waals surface area contributed by atoms with Crippen molar-refractivity contribution in [3.63, 3.8) is 0 Å². The van der Waals surface area contributed by atoms with Crippen LogP contribution < -0.4 is 10.1 Å². The molecule has 0 radical (unpaired) electrons. The van der Waals surface area contributed by atoms with Gasteiger partial charge in [-0.3, -0.25) is 10.0 Å². The van der Waals surface area contributed by atoms with E-state index in [4.69, 9.17) is 4.74 Å². The number of anilines is 1. The van der Waals surface area contributed by atoms with Crippen molar-refractivity contribution in [3.8, 4) is 5.75 Å². The first-order valence-corrected chi connectivity index (χ1v) is 6.22. The van der Waals surface area contributed by atoms with Gasteiger partial charge in [-0.05, 0) is 24.3 Å². The van der Waals surface area contributed by atoms with E-state index in [1.165, 1.54) is 0 Å². The highest BCUT2D eigenvalue weighted by atomic mass is 16.5. The second-order valence-corrected chi connectivity index (χ2v) is 4.52. The van der Waals surface area contributed by atoms with E-state index in [1.54, 1.807) is 25.3 Å². The molecule has 0 aromatic heterocycles. The summed E-state index contributed by atoms with van der Waals surface area (Å²) >= 11 is 0. The van der Waals surface area contributed by atoms with Crippen LogP contribution in [0.3, 0.4) is 0 Å². The number of rotatable bonds is 2. The normalized spacial score (nSPS) is 17.4. The Morgan fingerprint density at radius 3 is 2.80 bits per heavy atom. The molecule has 102 valence electrons. The van der Waals surface area contributed by atoms with Crippen LogP contribution in [0, 0.1) is 0 Å². The third kappa shape index (κ3) is 1.98. The molecule has 0 unspecified atom stereocenters. The third-order valence-electron chi connectivity index (χ3n) is 3.31. The van der Waals surface area contributed by atoms with Crippen LogP contribution in [-0.4, -0.2) is 23.3 Å². The van der Waals surface area contributed by atoms with Gasteiger partial charge in [0.25, 0.3) is 5.91 Å². The lowest BCUT2D eigenvalue weighted by atomic mass is 10.1. The summed E-state index contributed by atoms with van der Waals surface area (Å²) in [5.74, 6) is 0.246. The number of fused-ring (bicyclic) bond motifs is 1. The van der Waals surface area contributed by atoms with Crippen molar-refractivity contribution in [2.75, 3.05) is 12.4 Å². The maximum absolute atomic E-state index is 12.2. The zero-order chi connectivity index (χ0) is 14.1. The van der Waals surface area contributed by atoms with Gasteiger partial charge in [0.2, 0.25) is 0 Å². The van der Waals surface area contributed by atoms with Gasteiger partial charge < -0.3 is 10.1 Å². The summed E-state index contributed by atoms with van der Waals surface area (Å²) in [6.07, 6.45) is -0.632. The lowest BCUT2D eigenvalue weighted by molar-refractivity contribution is -0.0851. The largest absolute Gasteiger partial charge is 0.497 e. The molecule has 0 bridgehead atoms. The molecular formula is C15H14N2O3. The van der Waals surface area contributed by atoms with E-state index >= 15 is 0 Å². The van der Waals surface area contributed by atoms with Crippen molar-refractivity contribution < 1.29 is 14.7 Å². The Morgan fingerprint density at radius 1 is 1.20 bits per heavy atom. The summed E-state index contributed by atoms with van der Waals surface area (Å²) in [7, 11) is 1.57. The molecule has 1 heterocycles. The number of benzene rings is 2. The van der Waals surface area contributed by atoms with Crippen molar-refractivity contribution in [3.05, 3.63) is 59.7 Å². The average Bonchev–Trinajstić information content (AvgIpc) is 2.51. The van der Waals surface area contributed by atoms with Gasteiger partial charge in [-0.2, -0.15) is 5.06 Å². The Morgan fingerprint density at radius 2 is 2.00 bits per heavy atom. The standard InChI is InChI=1S/C15H14N2O3/c1-20-11-6-4-5-10(9-11)14-16-13-8-3-2-7-12(13)15(18)17(14)19/h2-9,14,16,19H,1H3/t14-/m1/s1. The summed E-state index contributed by atoms with van der Waals surface area (Å²) in [5, 5.41) is 13.9. The molecule has 1 aliphatic heterocycles. The minimum absolute atomic E-state index is 0.424. The molecule has 0 fully saturated rings. The second kappa shape index (κ2) is 4.86. The van der Waals surface area contributed by atoms with Gasteiger partial charge in [0, 0.05) is 11.3 Å². The van der Waals surface area contributed by atoms with E-state index in [-0.39, 0.29) is 0 Å². The smallest absolute Gasteiger partial charge is 0.281 e. The van der Waals surface area contributed by atoms with E-state index < -0.39 is 12.1 Å². The van der Waals surface area contributed by atoms with Gasteiger partial charge in [0.1, 0.15) is 5.75 Å². The Hall–Kier alpha value is -2.53. The molecule has 1 amide bonds. The molecule has 5 heteroatoms. The Bertz CT molecular complexity index is 657. The van der Waals surface area contributed by atoms with Gasteiger partial charge in [-0.15, -0.1) is 0 Å². The monoisotopic (exact) mass is 270 g/mol. The number of hydrogen-bond acceptors (Lipinski definition) is 4. The van der Waals surface area contributed by atoms with Crippen molar-refractivity contribution in [2.24, 2.45) is 0 Å². The van der Waals surface area contributed by atoms with E-state index in [2.05, 4.69) is 5.32 Å². The lowest BCUT2D eigenvalue weighted by Crippen LogP contribution is -2.40. The van der Waals surface area contributed by atoms with E-state index in [0.717, 1.165) is 5.56 Å². The topological polar surface area (TPSA) is 61.8 Å². The number of hydroxylamine groups is 2. The second-order valence-electron chi connectivity index (χ2n) is 4.52. The third-order valence-corrected chi connectivity index (χ3v) is 3.31. The first kappa shape index (κ1) is 12.5. The van der Waals surface area contributed by atoms with E-state index in [0.29, 0.717) is 22.1 Å². The van der Waals surface area contributed by atoms with Crippen LogP contribution in [0.4, 0.5) is 5.69 Å². The van der Waals surface area contributed by atoms with Gasteiger partial charge in [0.15, 0.2) is 6.17 Å². The first-order chi connectivity index (χ1) is 9.70. The van der Waals surface area contributed by atoms with Crippen LogP contribution >= 0.6 is 0 Å². The maximum atomic E-state index is 12.2. The summed E-state index contributed by atoms with van der Waals surface area (Å²) in [6.45, 7) is 0. The zero-order valence-corrected chi connectivity index (χ0v) is 10.9. The fourth-order valence-corrected chi connectivity index (χ4v) is 2.28. The van der Waals surface area contributed by atoms with Crippen LogP contribution in [-0.2, 0) is 0 Å². The minimum atomic E-state index is -0.632. The number of carbonyl (C=O) groups is 1. The van der Waals surface area contributed by atoms with Crippen LogP contribution in [0.1, 0.15) is 22.1 Å². The lowest BCUT2D eigenvalue weighted by Gasteiger charge is -2.33. The molecular weight excluding hydrogens is 256 g/mol. The van der Waals surface area contributed by atoms with Crippen molar-refractivity contribution >= 4 is 11.6 Å². The molecule has 2 N–H and O–H groups in total. The minimum Gasteiger partial charge on any atom is -0.497 e. The van der Waals surface area contributed by atoms with Crippen LogP contribution in [0.15, 0.2) is 48.5 Å². The van der Waals surface area contributed by atoms with Gasteiger partial charge in [0.05, 0.1) is 12.7 Å². The fraction of sp³-hybridized carbons (Fsp3) is 0.133. The Kier molecular flexibility index (Phi) is 3.04. The van der Waals surface area contributed by atoms with Gasteiger partial charge in [-0.1, -0.05) is 24.3 Å². The van der Waals surface area contributed by atoms with Crippen molar-refractivity contribution in [1.82, 2.24) is 5.06 Å². The molecule has 1 aliphatic rings. The van der Waals surface area contributed by atoms with Crippen LogP contribution in [0.5, 0.6) is 5.75 Å². The molecule has 20 heavy (non-hydrogen) atoms. The van der Waals surface area contributed by atoms with Gasteiger partial charge >= 0.3 is 0 Å². The molecule has 0 spiro atoms. The van der Waals surface area contributed by atoms with Crippen molar-refractivity contribution in [2.45, 2.75) is 6.17 Å². The predicted molar refractivity (Wildman–Crippen MR) is 73.8 cm³/mol. The number of carbonyl (C=O) groups excluding carboxylic acids is 1. The Balaban J connectivity index is 2.01. The number of hydrogen-bond donors (Lipinski definition) is 2. The molecule has 0 saturated carbocycles. The molecule has 2 aromatic carbocycles. The first-order valence-electron chi connectivity index (χ1n) is 6.22. The summed E-state index contributed by atoms with van der Waals surface area (Å²) in [5.41, 5.74) is 1.90. The number of nitrogens with zero attached hydrogens (tertiary/aromatic N) is 1.